The molecule has 51 heavy (non-hydrogen) atoms. The van der Waals surface area contributed by atoms with E-state index in [0.717, 1.165) is 24.2 Å². The number of aliphatic carboxylic acids is 1. The Labute approximate surface area is 300 Å². The molecule has 1 saturated heterocycles. The number of hydrogen-bond donors (Lipinski definition) is 4. The first-order chi connectivity index (χ1) is 24.6. The molecule has 0 aliphatic carbocycles. The largest absolute Gasteiger partial charge is 0.494 e. The third kappa shape index (κ3) is 13.9. The van der Waals surface area contributed by atoms with Crippen LogP contribution in [0.4, 0.5) is 0 Å². The van der Waals surface area contributed by atoms with Gasteiger partial charge in [0, 0.05) is 52.4 Å². The molecular weight excluding hydrogens is 668 g/mol. The van der Waals surface area contributed by atoms with Crippen molar-refractivity contribution in [2.75, 3.05) is 100 Å². The maximum atomic E-state index is 12.8. The van der Waals surface area contributed by atoms with Crippen LogP contribution >= 0.6 is 0 Å². The molecule has 1 aliphatic heterocycles. The van der Waals surface area contributed by atoms with Crippen LogP contribution in [0.25, 0.3) is 0 Å². The van der Waals surface area contributed by atoms with Crippen molar-refractivity contribution in [2.24, 2.45) is 0 Å². The summed E-state index contributed by atoms with van der Waals surface area (Å²) in [5, 5.41) is 41.1. The molecule has 4 atom stereocenters. The summed E-state index contributed by atoms with van der Waals surface area (Å²) in [7, 11) is 3.62. The van der Waals surface area contributed by atoms with E-state index < -0.39 is 67.9 Å². The third-order valence-corrected chi connectivity index (χ3v) is 9.29. The molecule has 2 rings (SSSR count). The lowest BCUT2D eigenvalue weighted by atomic mass is 10.0. The van der Waals surface area contributed by atoms with Gasteiger partial charge >= 0.3 is 23.9 Å². The molecule has 0 amide bonds. The zero-order valence-electron chi connectivity index (χ0n) is 30.5. The highest BCUT2D eigenvalue weighted by Crippen LogP contribution is 2.19. The second kappa shape index (κ2) is 24.0. The minimum atomic E-state index is -1.07. The minimum Gasteiger partial charge on any atom is -0.494 e. The molecule has 1 aliphatic rings. The Morgan fingerprint density at radius 3 is 1.43 bits per heavy atom. The molecule has 0 radical (unpaired) electrons. The molecule has 1 aromatic rings. The minimum absolute atomic E-state index is 0.118. The summed E-state index contributed by atoms with van der Waals surface area (Å²) in [5.41, 5.74) is 1.02. The van der Waals surface area contributed by atoms with Crippen LogP contribution in [-0.4, -0.2) is 188 Å². The monoisotopic (exact) mass is 726 g/mol. The van der Waals surface area contributed by atoms with Gasteiger partial charge in [0.1, 0.15) is 29.9 Å². The zero-order valence-corrected chi connectivity index (χ0v) is 30.5. The molecule has 290 valence electrons. The summed E-state index contributed by atoms with van der Waals surface area (Å²) in [6, 6.07) is 3.59. The normalized spacial score (nSPS) is 18.3. The second-order valence-electron chi connectivity index (χ2n) is 12.4. The smallest absolute Gasteiger partial charge is 0.325 e. The van der Waals surface area contributed by atoms with E-state index >= 15 is 0 Å². The maximum Gasteiger partial charge on any atom is 0.325 e. The van der Waals surface area contributed by atoms with Crippen molar-refractivity contribution in [1.29, 1.82) is 0 Å². The van der Waals surface area contributed by atoms with Gasteiger partial charge in [-0.2, -0.15) is 0 Å². The van der Waals surface area contributed by atoms with E-state index in [1.54, 1.807) is 19.6 Å². The summed E-state index contributed by atoms with van der Waals surface area (Å²) in [6.07, 6.45) is 3.43. The number of carbonyl (C=O) groups excluding carboxylic acids is 3. The van der Waals surface area contributed by atoms with Crippen molar-refractivity contribution in [2.45, 2.75) is 63.2 Å². The van der Waals surface area contributed by atoms with Crippen LogP contribution in [0, 0.1) is 0 Å². The van der Waals surface area contributed by atoms with E-state index in [9.17, 15) is 39.6 Å². The fourth-order valence-corrected chi connectivity index (χ4v) is 6.23. The number of hydrogen-bond acceptors (Lipinski definition) is 15. The van der Waals surface area contributed by atoms with Gasteiger partial charge in [-0.25, -0.2) is 0 Å². The molecule has 0 aromatic heterocycles. The van der Waals surface area contributed by atoms with Crippen LogP contribution in [0.15, 0.2) is 24.3 Å². The van der Waals surface area contributed by atoms with Gasteiger partial charge in [0.15, 0.2) is 0 Å². The molecule has 0 unspecified atom stereocenters. The second-order valence-corrected chi connectivity index (χ2v) is 12.4. The fraction of sp³-hybridized carbons (Fsp3) is 0.714. The number of unbranched alkanes of at least 4 members (excludes halogenated alkanes) is 1. The number of rotatable bonds is 19. The Balaban J connectivity index is 2.43. The number of esters is 3. The zero-order chi connectivity index (χ0) is 37.8. The first-order valence-corrected chi connectivity index (χ1v) is 17.6. The van der Waals surface area contributed by atoms with Gasteiger partial charge in [-0.05, 0) is 43.4 Å². The standard InChI is InChI=1S/C35H58N4O12/c1-5-6-21-51-27-11-7-9-26(22-27)10-8-12-28(32(43)44)36-13-15-37(29(23-40)33(45)48-2)17-19-39(31(25-42)35(47)50-4)20-18-38(16-14-36)30(24-41)34(46)49-3/h7,9,11,22,28-31,40-42H,5-6,8,10,12-21,23-25H2,1-4H3,(H,43,44)/t28-,29-,30-,31-/m0/s1. The molecule has 16 heteroatoms. The van der Waals surface area contributed by atoms with Gasteiger partial charge in [0.05, 0.1) is 47.8 Å². The van der Waals surface area contributed by atoms with Gasteiger partial charge in [0.25, 0.3) is 0 Å². The van der Waals surface area contributed by atoms with E-state index in [1.807, 2.05) is 24.3 Å². The van der Waals surface area contributed by atoms with E-state index in [1.165, 1.54) is 21.3 Å². The Hall–Kier alpha value is -3.38. The first kappa shape index (κ1) is 43.8. The van der Waals surface area contributed by atoms with Crippen LogP contribution < -0.4 is 4.74 Å². The van der Waals surface area contributed by atoms with E-state index in [4.69, 9.17) is 18.9 Å². The summed E-state index contributed by atoms with van der Waals surface area (Å²) in [4.78, 5) is 57.7. The lowest BCUT2D eigenvalue weighted by Gasteiger charge is -2.39. The molecule has 0 bridgehead atoms. The number of methoxy groups -OCH3 is 3. The van der Waals surface area contributed by atoms with Crippen molar-refractivity contribution in [1.82, 2.24) is 19.6 Å². The number of aryl methyl sites for hydroxylation is 1. The van der Waals surface area contributed by atoms with Gasteiger partial charge in [0.2, 0.25) is 0 Å². The van der Waals surface area contributed by atoms with E-state index in [-0.39, 0.29) is 52.4 Å². The number of ether oxygens (including phenoxy) is 4. The molecule has 0 spiro atoms. The molecule has 1 aromatic carbocycles. The number of aliphatic hydroxyl groups excluding tert-OH is 3. The van der Waals surface area contributed by atoms with E-state index in [0.29, 0.717) is 25.9 Å². The van der Waals surface area contributed by atoms with Crippen LogP contribution in [0.1, 0.15) is 38.2 Å². The number of carboxylic acids is 1. The van der Waals surface area contributed by atoms with Gasteiger partial charge in [-0.3, -0.25) is 38.8 Å². The number of nitrogens with zero attached hydrogens (tertiary/aromatic N) is 4. The van der Waals surface area contributed by atoms with Crippen molar-refractivity contribution in [3.63, 3.8) is 0 Å². The molecule has 4 N–H and O–H groups in total. The van der Waals surface area contributed by atoms with Crippen LogP contribution in [0.5, 0.6) is 5.75 Å². The Bertz CT molecular complexity index is 1170. The fourth-order valence-electron chi connectivity index (χ4n) is 6.23. The SMILES string of the molecule is CCCCOc1cccc(CCC[C@@H](C(=O)O)N2CCN([C@@H](CO)C(=O)OC)CCN([C@@H](CO)C(=O)OC)CCN([C@@H](CO)C(=O)OC)CC2)c1. The van der Waals surface area contributed by atoms with Crippen molar-refractivity contribution >= 4 is 23.9 Å². The van der Waals surface area contributed by atoms with Crippen LogP contribution in [0.3, 0.4) is 0 Å². The van der Waals surface area contributed by atoms with E-state index in [2.05, 4.69) is 6.92 Å². The quantitative estimate of drug-likeness (QED) is 0.0805. The molecule has 1 fully saturated rings. The Kier molecular flexibility index (Phi) is 20.6. The topological polar surface area (TPSA) is 199 Å². The molecule has 16 nitrogen and oxygen atoms in total. The highest BCUT2D eigenvalue weighted by atomic mass is 16.5. The Morgan fingerprint density at radius 1 is 0.667 bits per heavy atom. The first-order valence-electron chi connectivity index (χ1n) is 17.6. The predicted octanol–water partition coefficient (Wildman–Crippen LogP) is -0.535. The van der Waals surface area contributed by atoms with Crippen molar-refractivity contribution in [3.05, 3.63) is 29.8 Å². The maximum absolute atomic E-state index is 12.8. The van der Waals surface area contributed by atoms with Crippen LogP contribution in [0.2, 0.25) is 0 Å². The molecule has 0 saturated carbocycles. The summed E-state index contributed by atoms with van der Waals surface area (Å²) in [6.45, 7) is 2.07. The van der Waals surface area contributed by atoms with Gasteiger partial charge < -0.3 is 39.4 Å². The van der Waals surface area contributed by atoms with Gasteiger partial charge in [-0.15, -0.1) is 0 Å². The average Bonchev–Trinajstić information content (AvgIpc) is 3.13. The van der Waals surface area contributed by atoms with Crippen molar-refractivity contribution in [3.8, 4) is 5.75 Å². The van der Waals surface area contributed by atoms with Gasteiger partial charge in [-0.1, -0.05) is 25.5 Å². The molecule has 1 heterocycles. The number of aliphatic hydroxyl groups is 3. The number of benzene rings is 1. The predicted molar refractivity (Wildman–Crippen MR) is 186 cm³/mol. The summed E-state index contributed by atoms with van der Waals surface area (Å²) in [5.74, 6) is -2.32. The average molecular weight is 727 g/mol. The van der Waals surface area contributed by atoms with Crippen LogP contribution in [-0.2, 0) is 39.8 Å². The molecular formula is C35H58N4O12. The number of carboxylic acid groups (broad SMARTS) is 1. The Morgan fingerprint density at radius 2 is 1.08 bits per heavy atom. The highest BCUT2D eigenvalue weighted by Gasteiger charge is 2.35. The third-order valence-electron chi connectivity index (χ3n) is 9.29. The summed E-state index contributed by atoms with van der Waals surface area (Å²) < 4.78 is 20.6. The van der Waals surface area contributed by atoms with Crippen molar-refractivity contribution < 1.29 is 58.6 Å². The highest BCUT2D eigenvalue weighted by molar-refractivity contribution is 5.77. The summed E-state index contributed by atoms with van der Waals surface area (Å²) >= 11 is 0. The lowest BCUT2D eigenvalue weighted by Crippen LogP contribution is -2.57. The number of carbonyl (C=O) groups is 4. The lowest BCUT2D eigenvalue weighted by molar-refractivity contribution is -0.153.